The molecule has 1 N–H and O–H groups in total. The largest absolute Gasteiger partial charge is 0.508 e. The Morgan fingerprint density at radius 3 is 2.81 bits per heavy atom. The van der Waals surface area contributed by atoms with E-state index in [0.29, 0.717) is 48.1 Å². The van der Waals surface area contributed by atoms with Crippen LogP contribution in [-0.2, 0) is 4.74 Å². The van der Waals surface area contributed by atoms with E-state index in [1.807, 2.05) is 0 Å². The molecule has 7 nitrogen and oxygen atoms in total. The van der Waals surface area contributed by atoms with E-state index < -0.39 is 23.3 Å². The van der Waals surface area contributed by atoms with Crippen LogP contribution in [0.1, 0.15) is 31.2 Å². The number of nitrogens with zero attached hydrogens (tertiary/aromatic N) is 4. The molecule has 43 heavy (non-hydrogen) atoms. The highest BCUT2D eigenvalue weighted by Crippen LogP contribution is 2.43. The molecule has 4 fully saturated rings. The van der Waals surface area contributed by atoms with Crippen LogP contribution in [0.15, 0.2) is 36.4 Å². The predicted octanol–water partition coefficient (Wildman–Crippen LogP) is 5.35. The van der Waals surface area contributed by atoms with Crippen molar-refractivity contribution in [3.8, 4) is 35.2 Å². The van der Waals surface area contributed by atoms with Crippen molar-refractivity contribution < 1.29 is 27.8 Å². The molecule has 0 unspecified atom stereocenters. The summed E-state index contributed by atoms with van der Waals surface area (Å²) in [6, 6.07) is 9.02. The third kappa shape index (κ3) is 4.13. The molecule has 0 amide bonds. The molecule has 4 atom stereocenters. The van der Waals surface area contributed by atoms with Gasteiger partial charge >= 0.3 is 6.01 Å². The number of phenolic OH excluding ortho intramolecular Hbond substituents is 1. The van der Waals surface area contributed by atoms with E-state index in [2.05, 4.69) is 20.7 Å². The number of fused-ring (bicyclic) bond motifs is 5. The highest BCUT2D eigenvalue weighted by atomic mass is 19.1. The van der Waals surface area contributed by atoms with Crippen molar-refractivity contribution in [2.75, 3.05) is 37.7 Å². The van der Waals surface area contributed by atoms with Crippen LogP contribution in [0.4, 0.5) is 19.0 Å². The second-order valence-electron chi connectivity index (χ2n) is 12.2. The number of phenols is 1. The van der Waals surface area contributed by atoms with Crippen LogP contribution in [0.25, 0.3) is 32.8 Å². The molecule has 4 aliphatic rings. The first-order valence-corrected chi connectivity index (χ1v) is 14.7. The maximum absolute atomic E-state index is 16.7. The van der Waals surface area contributed by atoms with E-state index in [4.69, 9.17) is 20.9 Å². The Kier molecular flexibility index (Phi) is 6.01. The summed E-state index contributed by atoms with van der Waals surface area (Å²) >= 11 is 0. The molecule has 4 saturated heterocycles. The molecule has 5 heterocycles. The Morgan fingerprint density at radius 1 is 1.14 bits per heavy atom. The van der Waals surface area contributed by atoms with Crippen molar-refractivity contribution in [1.82, 2.24) is 14.9 Å². The van der Waals surface area contributed by atoms with Gasteiger partial charge in [0, 0.05) is 35.8 Å². The number of aromatic nitrogens is 2. The number of benzene rings is 3. The van der Waals surface area contributed by atoms with Gasteiger partial charge in [0.1, 0.15) is 35.7 Å². The molecular formula is C33H29F3N4O3. The molecule has 0 saturated carbocycles. The maximum atomic E-state index is 16.7. The van der Waals surface area contributed by atoms with E-state index in [9.17, 15) is 13.9 Å². The minimum atomic E-state index is -0.910. The predicted molar refractivity (Wildman–Crippen MR) is 156 cm³/mol. The fourth-order valence-corrected chi connectivity index (χ4v) is 7.70. The molecule has 10 heteroatoms. The lowest BCUT2D eigenvalue weighted by atomic mass is 9.93. The standard InChI is InChI=1S/C33H29F3N4O3/c1-2-23-27(35)7-4-18-10-21(41)12-26(28(18)23)24-5-6-25-30(29(24)36)37-32(38-31(25)40-15-22-11-20(40)16-42-22)43-17-33-8-3-9-39(33)14-19(34)13-33/h1,4-7,10,12,19-20,22,41H,3,8-9,11,13-17H2/t19-,20-,22-,33+/m1/s1. The van der Waals surface area contributed by atoms with Gasteiger partial charge in [0.25, 0.3) is 0 Å². The van der Waals surface area contributed by atoms with Gasteiger partial charge in [-0.25, -0.2) is 13.2 Å². The Labute approximate surface area is 246 Å². The molecule has 0 spiro atoms. The summed E-state index contributed by atoms with van der Waals surface area (Å²) in [6.07, 6.45) is 7.86. The maximum Gasteiger partial charge on any atom is 0.319 e. The normalized spacial score (nSPS) is 26.5. The first-order valence-electron chi connectivity index (χ1n) is 14.7. The summed E-state index contributed by atoms with van der Waals surface area (Å²) < 4.78 is 57.9. The number of morpholine rings is 1. The second kappa shape index (κ2) is 9.73. The molecular weight excluding hydrogens is 557 g/mol. The number of halogens is 3. The zero-order valence-corrected chi connectivity index (χ0v) is 23.3. The first kappa shape index (κ1) is 26.5. The monoisotopic (exact) mass is 586 g/mol. The number of anilines is 1. The third-order valence-electron chi connectivity index (χ3n) is 9.66. The zero-order valence-electron chi connectivity index (χ0n) is 23.3. The summed E-state index contributed by atoms with van der Waals surface area (Å²) in [7, 11) is 0. The number of rotatable bonds is 5. The Morgan fingerprint density at radius 2 is 2.02 bits per heavy atom. The number of terminal acetylenes is 1. The van der Waals surface area contributed by atoms with Crippen LogP contribution in [0, 0.1) is 24.0 Å². The molecule has 220 valence electrons. The van der Waals surface area contributed by atoms with Gasteiger partial charge in [-0.15, -0.1) is 6.42 Å². The van der Waals surface area contributed by atoms with Crippen molar-refractivity contribution in [3.05, 3.63) is 53.6 Å². The Bertz CT molecular complexity index is 1840. The molecule has 4 aromatic rings. The van der Waals surface area contributed by atoms with Gasteiger partial charge in [0.15, 0.2) is 5.82 Å². The van der Waals surface area contributed by atoms with Gasteiger partial charge in [0.2, 0.25) is 0 Å². The SMILES string of the molecule is C#Cc1c(F)ccc2cc(O)cc(-c3ccc4c(N5C[C@H]6C[C@@H]5CO6)nc(OC[C@@]56CCCN5C[C@H](F)C6)nc4c3F)c12. The molecule has 0 aliphatic carbocycles. The van der Waals surface area contributed by atoms with Crippen LogP contribution >= 0.6 is 0 Å². The van der Waals surface area contributed by atoms with Gasteiger partial charge in [0.05, 0.1) is 29.9 Å². The molecule has 8 rings (SSSR count). The van der Waals surface area contributed by atoms with Crippen molar-refractivity contribution in [2.45, 2.75) is 49.5 Å². The average molecular weight is 587 g/mol. The number of aromatic hydroxyl groups is 1. The topological polar surface area (TPSA) is 71.0 Å². The summed E-state index contributed by atoms with van der Waals surface area (Å²) in [4.78, 5) is 13.6. The van der Waals surface area contributed by atoms with Gasteiger partial charge < -0.3 is 19.5 Å². The van der Waals surface area contributed by atoms with Crippen molar-refractivity contribution >= 4 is 27.5 Å². The Hall–Kier alpha value is -4.07. The minimum Gasteiger partial charge on any atom is -0.508 e. The van der Waals surface area contributed by atoms with E-state index in [1.165, 1.54) is 24.3 Å². The average Bonchev–Trinajstić information content (AvgIpc) is 3.77. The molecule has 4 aliphatic heterocycles. The fourth-order valence-electron chi connectivity index (χ4n) is 7.70. The van der Waals surface area contributed by atoms with Crippen LogP contribution < -0.4 is 9.64 Å². The van der Waals surface area contributed by atoms with Crippen LogP contribution in [0.3, 0.4) is 0 Å². The number of hydrogen-bond acceptors (Lipinski definition) is 7. The smallest absolute Gasteiger partial charge is 0.319 e. The summed E-state index contributed by atoms with van der Waals surface area (Å²) in [5.74, 6) is 1.54. The van der Waals surface area contributed by atoms with Crippen molar-refractivity contribution in [3.63, 3.8) is 0 Å². The van der Waals surface area contributed by atoms with Crippen molar-refractivity contribution in [1.29, 1.82) is 0 Å². The van der Waals surface area contributed by atoms with Crippen LogP contribution in [0.2, 0.25) is 0 Å². The number of hydrogen-bond donors (Lipinski definition) is 1. The summed E-state index contributed by atoms with van der Waals surface area (Å²) in [6.45, 7) is 2.58. The van der Waals surface area contributed by atoms with E-state index in [-0.39, 0.29) is 52.7 Å². The minimum absolute atomic E-state index is 0.0156. The van der Waals surface area contributed by atoms with Gasteiger partial charge in [-0.3, -0.25) is 4.90 Å². The van der Waals surface area contributed by atoms with E-state index in [1.54, 1.807) is 12.1 Å². The van der Waals surface area contributed by atoms with Crippen LogP contribution in [-0.4, -0.2) is 76.7 Å². The lowest BCUT2D eigenvalue weighted by molar-refractivity contribution is 0.0984. The highest BCUT2D eigenvalue weighted by molar-refractivity contribution is 6.04. The Balaban J connectivity index is 1.28. The van der Waals surface area contributed by atoms with Gasteiger partial charge in [-0.05, 0) is 61.0 Å². The van der Waals surface area contributed by atoms with Crippen LogP contribution in [0.5, 0.6) is 11.8 Å². The molecule has 1 aromatic heterocycles. The molecule has 3 aromatic carbocycles. The lowest BCUT2D eigenvalue weighted by Gasteiger charge is -2.31. The lowest BCUT2D eigenvalue weighted by Crippen LogP contribution is -2.43. The van der Waals surface area contributed by atoms with E-state index in [0.717, 1.165) is 25.8 Å². The quantitative estimate of drug-likeness (QED) is 0.317. The summed E-state index contributed by atoms with van der Waals surface area (Å²) in [5, 5.41) is 11.8. The molecule has 0 radical (unpaired) electrons. The fraction of sp³-hybridized carbons (Fsp3) is 0.394. The van der Waals surface area contributed by atoms with Gasteiger partial charge in [-0.1, -0.05) is 18.1 Å². The van der Waals surface area contributed by atoms with Crippen molar-refractivity contribution in [2.24, 2.45) is 0 Å². The molecule has 2 bridgehead atoms. The first-order chi connectivity index (χ1) is 20.8. The van der Waals surface area contributed by atoms with E-state index >= 15 is 4.39 Å². The number of alkyl halides is 1. The number of ether oxygens (including phenoxy) is 2. The summed E-state index contributed by atoms with van der Waals surface area (Å²) in [5.41, 5.74) is -0.0512. The highest BCUT2D eigenvalue weighted by Gasteiger charge is 2.49. The van der Waals surface area contributed by atoms with Gasteiger partial charge in [-0.2, -0.15) is 9.97 Å². The second-order valence-corrected chi connectivity index (χ2v) is 12.2. The zero-order chi connectivity index (χ0) is 29.5. The third-order valence-corrected chi connectivity index (χ3v) is 9.66.